The molecule has 0 saturated carbocycles. The largest absolute Gasteiger partial charge is 0.333 e. The van der Waals surface area contributed by atoms with Crippen LogP contribution in [0, 0.1) is 0 Å². The van der Waals surface area contributed by atoms with Gasteiger partial charge in [0.1, 0.15) is 0 Å². The average molecular weight is 406 g/mol. The van der Waals surface area contributed by atoms with Crippen LogP contribution in [0.4, 0.5) is 0 Å². The van der Waals surface area contributed by atoms with Crippen LogP contribution in [0.3, 0.4) is 0 Å². The van der Waals surface area contributed by atoms with Crippen molar-refractivity contribution in [3.05, 3.63) is 70.7 Å². The van der Waals surface area contributed by atoms with Crippen LogP contribution in [0.15, 0.2) is 65.2 Å². The second-order valence-electron chi connectivity index (χ2n) is 7.70. The second-order valence-corrected chi connectivity index (χ2v) is 8.62. The van der Waals surface area contributed by atoms with Gasteiger partial charge in [-0.1, -0.05) is 52.4 Å². The molecule has 2 unspecified atom stereocenters. The van der Waals surface area contributed by atoms with Crippen LogP contribution in [0.2, 0.25) is 0 Å². The van der Waals surface area contributed by atoms with Gasteiger partial charge >= 0.3 is 0 Å². The molecule has 0 spiro atoms. The summed E-state index contributed by atoms with van der Waals surface area (Å²) in [5, 5.41) is 2.74. The minimum Gasteiger partial charge on any atom is -0.333 e. The van der Waals surface area contributed by atoms with Gasteiger partial charge in [-0.25, -0.2) is 0 Å². The molecule has 2 heteroatoms. The molecule has 1 nitrogen and oxygen atoms in total. The van der Waals surface area contributed by atoms with Gasteiger partial charge in [0, 0.05) is 32.2 Å². The standard InChI is InChI=1S/C24H24BrN/c25-19-12-14-23-22(16-19)21-13-11-18(17-7-3-1-4-8-17)15-24(21)26(23)20-9-5-2-6-10-20/h3,5,7,9,11-17,20H,1-2,4,6,8,10H2. The molecule has 0 fully saturated rings. The third-order valence-corrected chi connectivity index (χ3v) is 6.53. The van der Waals surface area contributed by atoms with Gasteiger partial charge in [-0.3, -0.25) is 0 Å². The third kappa shape index (κ3) is 2.75. The number of fused-ring (bicyclic) bond motifs is 3. The molecule has 132 valence electrons. The van der Waals surface area contributed by atoms with E-state index >= 15 is 0 Å². The van der Waals surface area contributed by atoms with E-state index in [-0.39, 0.29) is 0 Å². The first-order valence-electron chi connectivity index (χ1n) is 9.88. The SMILES string of the molecule is Brc1ccc2c(c1)c1ccc(C3C=CCCC3)cc1n2C1C=CCCC1. The van der Waals surface area contributed by atoms with Crippen molar-refractivity contribution in [3.63, 3.8) is 0 Å². The zero-order valence-electron chi connectivity index (χ0n) is 15.0. The maximum absolute atomic E-state index is 3.67. The highest BCUT2D eigenvalue weighted by atomic mass is 79.9. The van der Waals surface area contributed by atoms with Crippen molar-refractivity contribution in [2.24, 2.45) is 0 Å². The van der Waals surface area contributed by atoms with Gasteiger partial charge in [-0.2, -0.15) is 0 Å². The maximum atomic E-state index is 3.67. The number of hydrogen-bond acceptors (Lipinski definition) is 0. The van der Waals surface area contributed by atoms with Crippen molar-refractivity contribution in [2.45, 2.75) is 50.5 Å². The molecular formula is C24H24BrN. The molecule has 2 aliphatic rings. The molecular weight excluding hydrogens is 382 g/mol. The summed E-state index contributed by atoms with van der Waals surface area (Å²) in [7, 11) is 0. The molecule has 1 heterocycles. The zero-order valence-corrected chi connectivity index (χ0v) is 16.6. The minimum atomic E-state index is 0.474. The molecule has 2 aliphatic carbocycles. The second kappa shape index (κ2) is 6.74. The van der Waals surface area contributed by atoms with E-state index < -0.39 is 0 Å². The van der Waals surface area contributed by atoms with E-state index in [1.54, 1.807) is 0 Å². The van der Waals surface area contributed by atoms with E-state index in [1.807, 2.05) is 0 Å². The smallest absolute Gasteiger partial charge is 0.0522 e. The van der Waals surface area contributed by atoms with Crippen molar-refractivity contribution in [3.8, 4) is 0 Å². The zero-order chi connectivity index (χ0) is 17.5. The lowest BCUT2D eigenvalue weighted by Gasteiger charge is -2.22. The molecule has 26 heavy (non-hydrogen) atoms. The van der Waals surface area contributed by atoms with Crippen molar-refractivity contribution < 1.29 is 0 Å². The molecule has 0 amide bonds. The van der Waals surface area contributed by atoms with Gasteiger partial charge in [-0.15, -0.1) is 0 Å². The number of halogens is 1. The van der Waals surface area contributed by atoms with Crippen molar-refractivity contribution in [1.82, 2.24) is 4.57 Å². The van der Waals surface area contributed by atoms with Gasteiger partial charge in [0.2, 0.25) is 0 Å². The molecule has 3 aromatic rings. The summed E-state index contributed by atoms with van der Waals surface area (Å²) in [5.74, 6) is 0.577. The highest BCUT2D eigenvalue weighted by molar-refractivity contribution is 9.10. The fourth-order valence-corrected chi connectivity index (χ4v) is 5.09. The normalized spacial score (nSPS) is 23.1. The summed E-state index contributed by atoms with van der Waals surface area (Å²) in [6.45, 7) is 0. The molecule has 1 aromatic heterocycles. The lowest BCUT2D eigenvalue weighted by molar-refractivity contribution is 0.542. The van der Waals surface area contributed by atoms with Crippen molar-refractivity contribution >= 4 is 37.7 Å². The van der Waals surface area contributed by atoms with Gasteiger partial charge in [0.05, 0.1) is 6.04 Å². The monoisotopic (exact) mass is 405 g/mol. The highest BCUT2D eigenvalue weighted by Gasteiger charge is 2.20. The Morgan fingerprint density at radius 3 is 2.42 bits per heavy atom. The predicted octanol–water partition coefficient (Wildman–Crippen LogP) is 7.66. The fraction of sp³-hybridized carbons (Fsp3) is 0.333. The van der Waals surface area contributed by atoms with Crippen molar-refractivity contribution in [2.75, 3.05) is 0 Å². The number of allylic oxidation sites excluding steroid dienone is 4. The molecule has 5 rings (SSSR count). The quantitative estimate of drug-likeness (QED) is 0.385. The first-order chi connectivity index (χ1) is 12.8. The van der Waals surface area contributed by atoms with E-state index in [2.05, 4.69) is 81.2 Å². The molecule has 0 aliphatic heterocycles. The summed E-state index contributed by atoms with van der Waals surface area (Å²) in [4.78, 5) is 0. The number of aromatic nitrogens is 1. The van der Waals surface area contributed by atoms with Gasteiger partial charge in [-0.05, 0) is 68.4 Å². The van der Waals surface area contributed by atoms with Gasteiger partial charge < -0.3 is 4.57 Å². The lowest BCUT2D eigenvalue weighted by atomic mass is 9.89. The van der Waals surface area contributed by atoms with E-state index in [0.717, 1.165) is 4.47 Å². The Morgan fingerprint density at radius 1 is 0.808 bits per heavy atom. The van der Waals surface area contributed by atoms with Gasteiger partial charge in [0.15, 0.2) is 0 Å². The maximum Gasteiger partial charge on any atom is 0.0522 e. The Morgan fingerprint density at radius 2 is 1.65 bits per heavy atom. The summed E-state index contributed by atoms with van der Waals surface area (Å²) >= 11 is 3.67. The molecule has 0 bridgehead atoms. The molecule has 0 radical (unpaired) electrons. The van der Waals surface area contributed by atoms with E-state index in [0.29, 0.717) is 12.0 Å². The first kappa shape index (κ1) is 16.4. The Hall–Kier alpha value is -1.80. The Balaban J connectivity index is 1.76. The number of hydrogen-bond donors (Lipinski definition) is 0. The minimum absolute atomic E-state index is 0.474. The summed E-state index contributed by atoms with van der Waals surface area (Å²) in [6, 6.07) is 14.4. The topological polar surface area (TPSA) is 4.93 Å². The number of rotatable bonds is 2. The van der Waals surface area contributed by atoms with E-state index in [1.165, 1.54) is 65.9 Å². The number of benzene rings is 2. The molecule has 2 atom stereocenters. The highest BCUT2D eigenvalue weighted by Crippen LogP contribution is 2.38. The lowest BCUT2D eigenvalue weighted by Crippen LogP contribution is -2.09. The van der Waals surface area contributed by atoms with Crippen molar-refractivity contribution in [1.29, 1.82) is 0 Å². The molecule has 2 aromatic carbocycles. The van der Waals surface area contributed by atoms with E-state index in [4.69, 9.17) is 0 Å². The van der Waals surface area contributed by atoms with Crippen LogP contribution < -0.4 is 0 Å². The number of nitrogens with zero attached hydrogens (tertiary/aromatic N) is 1. The molecule has 0 N–H and O–H groups in total. The van der Waals surface area contributed by atoms with Crippen LogP contribution in [0.25, 0.3) is 21.8 Å². The van der Waals surface area contributed by atoms with Gasteiger partial charge in [0.25, 0.3) is 0 Å². The van der Waals surface area contributed by atoms with Crippen LogP contribution in [0.5, 0.6) is 0 Å². The van der Waals surface area contributed by atoms with Crippen LogP contribution in [-0.4, -0.2) is 4.57 Å². The van der Waals surface area contributed by atoms with E-state index in [9.17, 15) is 0 Å². The fourth-order valence-electron chi connectivity index (χ4n) is 4.73. The van der Waals surface area contributed by atoms with Crippen LogP contribution in [0.1, 0.15) is 56.0 Å². The Kier molecular flexibility index (Phi) is 4.24. The molecule has 0 saturated heterocycles. The Labute approximate surface area is 163 Å². The first-order valence-corrected chi connectivity index (χ1v) is 10.7. The summed E-state index contributed by atoms with van der Waals surface area (Å²) < 4.78 is 3.74. The van der Waals surface area contributed by atoms with Crippen LogP contribution >= 0.6 is 15.9 Å². The third-order valence-electron chi connectivity index (χ3n) is 6.03. The Bertz CT molecular complexity index is 1020. The van der Waals surface area contributed by atoms with Crippen LogP contribution in [-0.2, 0) is 0 Å². The average Bonchev–Trinajstić information content (AvgIpc) is 3.02. The summed E-state index contributed by atoms with van der Waals surface area (Å²) in [6.07, 6.45) is 17.1. The summed E-state index contributed by atoms with van der Waals surface area (Å²) in [5.41, 5.74) is 4.22. The predicted molar refractivity (Wildman–Crippen MR) is 115 cm³/mol.